The minimum atomic E-state index is -0.253. The summed E-state index contributed by atoms with van der Waals surface area (Å²) in [5, 5.41) is 10.1. The average molecular weight is 319 g/mol. The highest BCUT2D eigenvalue weighted by atomic mass is 16.3. The Hall–Kier alpha value is -2.81. The molecule has 0 aromatic heterocycles. The fraction of sp³-hybridized carbons (Fsp3) is 0.190. The standard InChI is InChI=1S/C21H21NO2/c1-21(2)17-11-7-8-12-18(17)22(3)20(21)14-16(23)13-19(24)15-9-5-4-6-10-15/h4-14,24H,1-3H3/b19-13-,20-14?. The van der Waals surface area contributed by atoms with Crippen LogP contribution in [0.4, 0.5) is 5.69 Å². The van der Waals surface area contributed by atoms with E-state index in [-0.39, 0.29) is 17.0 Å². The molecule has 1 aliphatic heterocycles. The molecule has 0 fully saturated rings. The number of aliphatic hydroxyl groups is 1. The number of ketones is 1. The molecule has 0 bridgehead atoms. The number of aliphatic hydroxyl groups excluding tert-OH is 1. The van der Waals surface area contributed by atoms with Gasteiger partial charge in [0.05, 0.1) is 0 Å². The van der Waals surface area contributed by atoms with Crippen LogP contribution >= 0.6 is 0 Å². The normalized spacial score (nSPS) is 17.9. The van der Waals surface area contributed by atoms with E-state index in [0.717, 1.165) is 11.4 Å². The van der Waals surface area contributed by atoms with Gasteiger partial charge in [-0.15, -0.1) is 0 Å². The monoisotopic (exact) mass is 319 g/mol. The van der Waals surface area contributed by atoms with Crippen molar-refractivity contribution >= 4 is 17.2 Å². The van der Waals surface area contributed by atoms with Crippen LogP contribution in [0.25, 0.3) is 5.76 Å². The van der Waals surface area contributed by atoms with Crippen LogP contribution in [0.5, 0.6) is 0 Å². The highest BCUT2D eigenvalue weighted by molar-refractivity contribution is 6.04. The van der Waals surface area contributed by atoms with Crippen molar-refractivity contribution in [2.45, 2.75) is 19.3 Å². The number of carbonyl (C=O) groups excluding carboxylic acids is 1. The zero-order chi connectivity index (χ0) is 17.3. The van der Waals surface area contributed by atoms with E-state index < -0.39 is 0 Å². The number of carbonyl (C=O) groups is 1. The number of allylic oxidation sites excluding steroid dienone is 3. The predicted molar refractivity (Wildman–Crippen MR) is 98.0 cm³/mol. The highest BCUT2D eigenvalue weighted by Crippen LogP contribution is 2.46. The van der Waals surface area contributed by atoms with Gasteiger partial charge in [-0.1, -0.05) is 62.4 Å². The van der Waals surface area contributed by atoms with E-state index in [9.17, 15) is 9.90 Å². The van der Waals surface area contributed by atoms with Gasteiger partial charge in [-0.25, -0.2) is 0 Å². The number of para-hydroxylation sites is 1. The molecule has 0 amide bonds. The minimum Gasteiger partial charge on any atom is -0.507 e. The lowest BCUT2D eigenvalue weighted by Gasteiger charge is -2.23. The molecule has 0 radical (unpaired) electrons. The van der Waals surface area contributed by atoms with E-state index in [1.54, 1.807) is 18.2 Å². The van der Waals surface area contributed by atoms with E-state index >= 15 is 0 Å². The number of hydrogen-bond donors (Lipinski definition) is 1. The van der Waals surface area contributed by atoms with Gasteiger partial charge >= 0.3 is 0 Å². The van der Waals surface area contributed by atoms with Gasteiger partial charge < -0.3 is 10.0 Å². The van der Waals surface area contributed by atoms with Gasteiger partial charge in [0.15, 0.2) is 5.78 Å². The van der Waals surface area contributed by atoms with Crippen LogP contribution in [0.2, 0.25) is 0 Å². The molecule has 1 N–H and O–H groups in total. The number of nitrogens with zero attached hydrogens (tertiary/aromatic N) is 1. The Morgan fingerprint density at radius 3 is 2.33 bits per heavy atom. The number of fused-ring (bicyclic) bond motifs is 1. The van der Waals surface area contributed by atoms with Crippen LogP contribution in [-0.4, -0.2) is 17.9 Å². The average Bonchev–Trinajstić information content (AvgIpc) is 2.77. The number of benzene rings is 2. The number of rotatable bonds is 3. The minimum absolute atomic E-state index is 0.0200. The van der Waals surface area contributed by atoms with Crippen molar-refractivity contribution < 1.29 is 9.90 Å². The first-order valence-corrected chi connectivity index (χ1v) is 7.96. The molecule has 3 rings (SSSR count). The fourth-order valence-electron chi connectivity index (χ4n) is 3.26. The Morgan fingerprint density at radius 2 is 1.67 bits per heavy atom. The maximum absolute atomic E-state index is 12.4. The van der Waals surface area contributed by atoms with Gasteiger partial charge in [0.2, 0.25) is 0 Å². The third-order valence-electron chi connectivity index (χ3n) is 4.57. The van der Waals surface area contributed by atoms with E-state index in [4.69, 9.17) is 0 Å². The topological polar surface area (TPSA) is 40.5 Å². The van der Waals surface area contributed by atoms with Gasteiger partial charge in [-0.05, 0) is 11.6 Å². The van der Waals surface area contributed by atoms with Crippen molar-refractivity contribution in [2.75, 3.05) is 11.9 Å². The number of hydrogen-bond acceptors (Lipinski definition) is 3. The quantitative estimate of drug-likeness (QED) is 0.670. The van der Waals surface area contributed by atoms with Crippen molar-refractivity contribution in [2.24, 2.45) is 0 Å². The van der Waals surface area contributed by atoms with Crippen LogP contribution in [0.15, 0.2) is 72.4 Å². The first kappa shape index (κ1) is 16.1. The van der Waals surface area contributed by atoms with E-state index in [0.29, 0.717) is 5.56 Å². The van der Waals surface area contributed by atoms with Crippen LogP contribution in [0, 0.1) is 0 Å². The van der Waals surface area contributed by atoms with Crippen molar-refractivity contribution in [3.8, 4) is 0 Å². The summed E-state index contributed by atoms with van der Waals surface area (Å²) in [6, 6.07) is 17.2. The van der Waals surface area contributed by atoms with Crippen LogP contribution in [0.1, 0.15) is 25.0 Å². The van der Waals surface area contributed by atoms with Crippen molar-refractivity contribution in [3.05, 3.63) is 83.6 Å². The molecule has 122 valence electrons. The molecule has 1 aliphatic rings. The second-order valence-corrected chi connectivity index (χ2v) is 6.53. The number of likely N-dealkylation sites (N-methyl/N-ethyl adjacent to an activating group) is 1. The second kappa shape index (κ2) is 6.00. The summed E-state index contributed by atoms with van der Waals surface area (Å²) in [7, 11) is 1.97. The molecule has 2 aromatic carbocycles. The maximum Gasteiger partial charge on any atom is 0.184 e. The van der Waals surface area contributed by atoms with Crippen molar-refractivity contribution in [1.29, 1.82) is 0 Å². The summed E-state index contributed by atoms with van der Waals surface area (Å²) in [5.74, 6) is -0.243. The molecule has 24 heavy (non-hydrogen) atoms. The lowest BCUT2D eigenvalue weighted by atomic mass is 9.83. The molecule has 0 spiro atoms. The predicted octanol–water partition coefficient (Wildman–Crippen LogP) is 4.47. The van der Waals surface area contributed by atoms with Crippen molar-refractivity contribution in [1.82, 2.24) is 0 Å². The van der Waals surface area contributed by atoms with E-state index in [1.807, 2.05) is 42.3 Å². The summed E-state index contributed by atoms with van der Waals surface area (Å²) in [5.41, 5.74) is 3.61. The first-order chi connectivity index (χ1) is 11.4. The maximum atomic E-state index is 12.4. The van der Waals surface area contributed by atoms with Crippen LogP contribution in [-0.2, 0) is 10.2 Å². The Morgan fingerprint density at radius 1 is 1.04 bits per heavy atom. The molecule has 0 atom stereocenters. The Labute approximate surface area is 142 Å². The van der Waals surface area contributed by atoms with Crippen molar-refractivity contribution in [3.63, 3.8) is 0 Å². The van der Waals surface area contributed by atoms with Crippen LogP contribution < -0.4 is 4.90 Å². The third-order valence-corrected chi connectivity index (χ3v) is 4.57. The third kappa shape index (κ3) is 2.73. The SMILES string of the molecule is CN1C(=CC(=O)/C=C(\O)c2ccccc2)C(C)(C)c2ccccc21. The fourth-order valence-corrected chi connectivity index (χ4v) is 3.26. The summed E-state index contributed by atoms with van der Waals surface area (Å²) >= 11 is 0. The summed E-state index contributed by atoms with van der Waals surface area (Å²) in [4.78, 5) is 14.5. The molecule has 2 aromatic rings. The molecule has 0 saturated heterocycles. The van der Waals surface area contributed by atoms with Gasteiger partial charge in [0.1, 0.15) is 5.76 Å². The van der Waals surface area contributed by atoms with E-state index in [2.05, 4.69) is 26.0 Å². The van der Waals surface area contributed by atoms with E-state index in [1.165, 1.54) is 11.6 Å². The molecule has 0 aliphatic carbocycles. The summed E-state index contributed by atoms with van der Waals surface area (Å²) in [6.45, 7) is 4.21. The lowest BCUT2D eigenvalue weighted by molar-refractivity contribution is -0.110. The smallest absolute Gasteiger partial charge is 0.184 e. The molecule has 1 heterocycles. The van der Waals surface area contributed by atoms with Gasteiger partial charge in [0.25, 0.3) is 0 Å². The largest absolute Gasteiger partial charge is 0.507 e. The summed E-state index contributed by atoms with van der Waals surface area (Å²) in [6.07, 6.45) is 2.88. The Balaban J connectivity index is 1.93. The molecular formula is C21H21NO2. The number of anilines is 1. The van der Waals surface area contributed by atoms with Gasteiger partial charge in [-0.2, -0.15) is 0 Å². The second-order valence-electron chi connectivity index (χ2n) is 6.53. The molecule has 0 saturated carbocycles. The summed E-state index contributed by atoms with van der Waals surface area (Å²) < 4.78 is 0. The molecule has 0 unspecified atom stereocenters. The van der Waals surface area contributed by atoms with Gasteiger partial charge in [0, 0.05) is 41.6 Å². The highest BCUT2D eigenvalue weighted by Gasteiger charge is 2.38. The Bertz CT molecular complexity index is 832. The molecule has 3 nitrogen and oxygen atoms in total. The van der Waals surface area contributed by atoms with Crippen LogP contribution in [0.3, 0.4) is 0 Å². The zero-order valence-corrected chi connectivity index (χ0v) is 14.2. The first-order valence-electron chi connectivity index (χ1n) is 7.96. The van der Waals surface area contributed by atoms with Gasteiger partial charge in [-0.3, -0.25) is 4.79 Å². The molecule has 3 heteroatoms. The zero-order valence-electron chi connectivity index (χ0n) is 14.2. The lowest BCUT2D eigenvalue weighted by Crippen LogP contribution is -2.23. The Kier molecular flexibility index (Phi) is 4.02. The molecular weight excluding hydrogens is 298 g/mol.